The number of carbonyl (C=O) groups excluding carboxylic acids is 1. The van der Waals surface area contributed by atoms with Gasteiger partial charge in [-0.2, -0.15) is 13.2 Å². The lowest BCUT2D eigenvalue weighted by Gasteiger charge is -2.20. The molecule has 9 heteroatoms. The van der Waals surface area contributed by atoms with Crippen LogP contribution in [0.3, 0.4) is 0 Å². The Morgan fingerprint density at radius 3 is 2.50 bits per heavy atom. The summed E-state index contributed by atoms with van der Waals surface area (Å²) in [6.07, 6.45) is -1.04. The molecule has 6 nitrogen and oxygen atoms in total. The highest BCUT2D eigenvalue weighted by atomic mass is 19.4. The molecular weight excluding hydrogens is 395 g/mol. The minimum atomic E-state index is -4.60. The number of anilines is 1. The van der Waals surface area contributed by atoms with Gasteiger partial charge in [-0.3, -0.25) is 9.78 Å². The number of nitrogens with zero attached hydrogens (tertiary/aromatic N) is 4. The van der Waals surface area contributed by atoms with Crippen molar-refractivity contribution in [3.05, 3.63) is 72.2 Å². The van der Waals surface area contributed by atoms with Gasteiger partial charge in [-0.05, 0) is 30.7 Å². The molecule has 1 amide bonds. The second-order valence-corrected chi connectivity index (χ2v) is 6.94. The summed E-state index contributed by atoms with van der Waals surface area (Å²) in [5.41, 5.74) is -0.0149. The Hall–Kier alpha value is -3.49. The van der Waals surface area contributed by atoms with Crippen LogP contribution in [-0.2, 0) is 6.18 Å². The van der Waals surface area contributed by atoms with Crippen molar-refractivity contribution in [2.24, 2.45) is 0 Å². The van der Waals surface area contributed by atoms with Crippen molar-refractivity contribution in [3.8, 4) is 11.4 Å². The van der Waals surface area contributed by atoms with Gasteiger partial charge in [-0.25, -0.2) is 9.97 Å². The lowest BCUT2D eigenvalue weighted by molar-refractivity contribution is -0.141. The number of aromatic nitrogens is 3. The third kappa shape index (κ3) is 4.40. The van der Waals surface area contributed by atoms with Gasteiger partial charge < -0.3 is 10.2 Å². The van der Waals surface area contributed by atoms with Crippen molar-refractivity contribution >= 4 is 11.7 Å². The maximum Gasteiger partial charge on any atom is 0.433 e. The number of rotatable bonds is 4. The molecule has 154 valence electrons. The first-order chi connectivity index (χ1) is 14.4. The van der Waals surface area contributed by atoms with E-state index in [0.717, 1.165) is 6.07 Å². The van der Waals surface area contributed by atoms with Gasteiger partial charge in [0, 0.05) is 48.7 Å². The van der Waals surface area contributed by atoms with Gasteiger partial charge in [-0.1, -0.05) is 18.2 Å². The molecule has 0 radical (unpaired) electrons. The van der Waals surface area contributed by atoms with Crippen LogP contribution in [0.1, 0.15) is 22.5 Å². The second-order valence-electron chi connectivity index (χ2n) is 6.94. The maximum atomic E-state index is 13.4. The van der Waals surface area contributed by atoms with E-state index >= 15 is 0 Å². The van der Waals surface area contributed by atoms with Crippen LogP contribution in [0.5, 0.6) is 0 Å². The molecule has 1 saturated heterocycles. The Balaban J connectivity index is 1.56. The smallest absolute Gasteiger partial charge is 0.354 e. The summed E-state index contributed by atoms with van der Waals surface area (Å²) in [6.45, 7) is 0.840. The number of pyridine rings is 1. The summed E-state index contributed by atoms with van der Waals surface area (Å²) in [6, 6.07) is 12.7. The van der Waals surface area contributed by atoms with Gasteiger partial charge in [0.15, 0.2) is 11.5 Å². The van der Waals surface area contributed by atoms with E-state index in [1.54, 1.807) is 41.3 Å². The van der Waals surface area contributed by atoms with E-state index in [0.29, 0.717) is 30.6 Å². The predicted molar refractivity (Wildman–Crippen MR) is 105 cm³/mol. The Morgan fingerprint density at radius 1 is 1.07 bits per heavy atom. The summed E-state index contributed by atoms with van der Waals surface area (Å²) in [4.78, 5) is 26.0. The van der Waals surface area contributed by atoms with Crippen LogP contribution in [-0.4, -0.2) is 40.0 Å². The van der Waals surface area contributed by atoms with Gasteiger partial charge in [0.25, 0.3) is 5.91 Å². The quantitative estimate of drug-likeness (QED) is 0.708. The number of alkyl halides is 3. The van der Waals surface area contributed by atoms with Crippen LogP contribution in [0.25, 0.3) is 11.4 Å². The highest BCUT2D eigenvalue weighted by Gasteiger charge is 2.35. The fourth-order valence-electron chi connectivity index (χ4n) is 3.32. The maximum absolute atomic E-state index is 13.4. The van der Waals surface area contributed by atoms with Gasteiger partial charge in [-0.15, -0.1) is 0 Å². The standard InChI is InChI=1S/C21H18F3N5O/c22-21(23,24)17-12-18(28-19(27-17)14-6-9-25-10-7-14)29-11-8-16(13-29)26-20(30)15-4-2-1-3-5-15/h1-7,9-10,12,16H,8,11,13H2,(H,26,30)/t16-/m0/s1. The number of benzene rings is 1. The minimum Gasteiger partial charge on any atom is -0.354 e. The zero-order chi connectivity index (χ0) is 21.1. The lowest BCUT2D eigenvalue weighted by Crippen LogP contribution is -2.37. The molecular formula is C21H18F3N5O. The van der Waals surface area contributed by atoms with E-state index in [1.165, 1.54) is 12.4 Å². The molecule has 0 bridgehead atoms. The molecule has 1 fully saturated rings. The van der Waals surface area contributed by atoms with E-state index in [4.69, 9.17) is 0 Å². The Bertz CT molecular complexity index is 1030. The average Bonchev–Trinajstić information content (AvgIpc) is 3.22. The molecule has 0 saturated carbocycles. The van der Waals surface area contributed by atoms with Crippen LogP contribution in [0.4, 0.5) is 19.0 Å². The van der Waals surface area contributed by atoms with E-state index in [1.807, 2.05) is 6.07 Å². The van der Waals surface area contributed by atoms with Crippen molar-refractivity contribution in [3.63, 3.8) is 0 Å². The van der Waals surface area contributed by atoms with Crippen LogP contribution >= 0.6 is 0 Å². The molecule has 3 aromatic rings. The first kappa shape index (κ1) is 19.8. The van der Waals surface area contributed by atoms with Gasteiger partial charge in [0.05, 0.1) is 0 Å². The van der Waals surface area contributed by atoms with Crippen molar-refractivity contribution in [1.82, 2.24) is 20.3 Å². The van der Waals surface area contributed by atoms with Crippen molar-refractivity contribution in [1.29, 1.82) is 0 Å². The number of amides is 1. The minimum absolute atomic E-state index is 0.0148. The molecule has 0 unspecified atom stereocenters. The molecule has 4 rings (SSSR count). The SMILES string of the molecule is O=C(N[C@H]1CCN(c2cc(C(F)(F)F)nc(-c3ccncc3)n2)C1)c1ccccc1. The molecule has 1 aliphatic rings. The largest absolute Gasteiger partial charge is 0.433 e. The van der Waals surface area contributed by atoms with Gasteiger partial charge in [0.1, 0.15) is 5.82 Å². The predicted octanol–water partition coefficient (Wildman–Crippen LogP) is 3.57. The zero-order valence-corrected chi connectivity index (χ0v) is 15.8. The van der Waals surface area contributed by atoms with Crippen LogP contribution < -0.4 is 10.2 Å². The first-order valence-electron chi connectivity index (χ1n) is 9.38. The lowest BCUT2D eigenvalue weighted by atomic mass is 10.2. The van der Waals surface area contributed by atoms with Crippen molar-refractivity contribution < 1.29 is 18.0 Å². The first-order valence-corrected chi connectivity index (χ1v) is 9.38. The molecule has 2 aromatic heterocycles. The van der Waals surface area contributed by atoms with E-state index in [9.17, 15) is 18.0 Å². The molecule has 1 aliphatic heterocycles. The highest BCUT2D eigenvalue weighted by Crippen LogP contribution is 2.32. The monoisotopic (exact) mass is 413 g/mol. The van der Waals surface area contributed by atoms with Crippen molar-refractivity contribution in [2.75, 3.05) is 18.0 Å². The molecule has 1 N–H and O–H groups in total. The van der Waals surface area contributed by atoms with Gasteiger partial charge >= 0.3 is 6.18 Å². The number of hydrogen-bond acceptors (Lipinski definition) is 5. The molecule has 0 aliphatic carbocycles. The normalized spacial score (nSPS) is 16.5. The fraction of sp³-hybridized carbons (Fsp3) is 0.238. The summed E-state index contributed by atoms with van der Waals surface area (Å²) >= 11 is 0. The number of hydrogen-bond donors (Lipinski definition) is 1. The zero-order valence-electron chi connectivity index (χ0n) is 15.8. The molecule has 3 heterocycles. The van der Waals surface area contributed by atoms with Crippen LogP contribution in [0.15, 0.2) is 60.9 Å². The summed E-state index contributed by atoms with van der Waals surface area (Å²) < 4.78 is 40.2. The van der Waals surface area contributed by atoms with Crippen LogP contribution in [0, 0.1) is 0 Å². The molecule has 1 aromatic carbocycles. The molecule has 0 spiro atoms. The summed E-state index contributed by atoms with van der Waals surface area (Å²) in [7, 11) is 0. The second kappa shape index (κ2) is 8.10. The topological polar surface area (TPSA) is 71.0 Å². The number of nitrogens with one attached hydrogen (secondary N) is 1. The third-order valence-electron chi connectivity index (χ3n) is 4.83. The van der Waals surface area contributed by atoms with E-state index in [2.05, 4.69) is 20.3 Å². The van der Waals surface area contributed by atoms with E-state index < -0.39 is 11.9 Å². The highest BCUT2D eigenvalue weighted by molar-refractivity contribution is 5.94. The fourth-order valence-corrected chi connectivity index (χ4v) is 3.32. The Morgan fingerprint density at radius 2 is 1.80 bits per heavy atom. The van der Waals surface area contributed by atoms with Crippen LogP contribution in [0.2, 0.25) is 0 Å². The molecule has 30 heavy (non-hydrogen) atoms. The Labute approximate surface area is 170 Å². The summed E-state index contributed by atoms with van der Waals surface area (Å²) in [5, 5.41) is 2.93. The summed E-state index contributed by atoms with van der Waals surface area (Å²) in [5.74, 6) is -0.0433. The van der Waals surface area contributed by atoms with E-state index in [-0.39, 0.29) is 23.6 Å². The third-order valence-corrected chi connectivity index (χ3v) is 4.83. The number of halogens is 3. The number of carbonyl (C=O) groups is 1. The Kier molecular flexibility index (Phi) is 5.35. The molecule has 1 atom stereocenters. The average molecular weight is 413 g/mol. The van der Waals surface area contributed by atoms with Gasteiger partial charge in [0.2, 0.25) is 0 Å². The van der Waals surface area contributed by atoms with Crippen molar-refractivity contribution in [2.45, 2.75) is 18.6 Å².